The molecule has 3 nitrogen and oxygen atoms in total. The zero-order valence-corrected chi connectivity index (χ0v) is 13.7. The molecule has 3 aromatic carbocycles. The number of hydrogen-bond donors (Lipinski definition) is 1. The maximum Gasteiger partial charge on any atom is 0.205 e. The minimum Gasteiger partial charge on any atom is -0.441 e. The molecule has 0 aliphatic carbocycles. The van der Waals surface area contributed by atoms with Gasteiger partial charge in [-0.25, -0.2) is 4.39 Å². The van der Waals surface area contributed by atoms with Gasteiger partial charge in [0.25, 0.3) is 0 Å². The van der Waals surface area contributed by atoms with E-state index >= 15 is 0 Å². The Kier molecular flexibility index (Phi) is 3.67. The summed E-state index contributed by atoms with van der Waals surface area (Å²) in [5, 5.41) is 19.6. The number of nitrogens with one attached hydrogen (secondary N) is 1. The third kappa shape index (κ3) is 2.45. The van der Waals surface area contributed by atoms with Gasteiger partial charge < -0.3 is 4.74 Å². The maximum absolute atomic E-state index is 13.6. The van der Waals surface area contributed by atoms with Gasteiger partial charge in [-0.2, -0.15) is 5.26 Å². The summed E-state index contributed by atoms with van der Waals surface area (Å²) in [6, 6.07) is 18.1. The number of benzene rings is 3. The van der Waals surface area contributed by atoms with E-state index in [4.69, 9.17) is 21.7 Å². The normalized spacial score (nSPS) is 19.2. The number of rotatable bonds is 1. The van der Waals surface area contributed by atoms with Crippen LogP contribution in [0.4, 0.5) is 4.39 Å². The lowest BCUT2D eigenvalue weighted by Gasteiger charge is -2.31. The zero-order valence-electron chi connectivity index (χ0n) is 13.0. The lowest BCUT2D eigenvalue weighted by atomic mass is 9.78. The van der Waals surface area contributed by atoms with Crippen LogP contribution < -0.4 is 4.74 Å². The molecule has 122 valence electrons. The molecular formula is C20H12ClFN2O. The van der Waals surface area contributed by atoms with Crippen LogP contribution in [0.5, 0.6) is 5.75 Å². The molecule has 2 atom stereocenters. The average Bonchev–Trinajstić information content (AvgIpc) is 2.63. The van der Waals surface area contributed by atoms with Crippen molar-refractivity contribution in [3.63, 3.8) is 0 Å². The molecule has 1 aliphatic rings. The fourth-order valence-corrected chi connectivity index (χ4v) is 3.52. The highest BCUT2D eigenvalue weighted by Crippen LogP contribution is 2.45. The molecule has 0 bridgehead atoms. The lowest BCUT2D eigenvalue weighted by molar-refractivity contribution is 0.455. The minimum atomic E-state index is -0.796. The highest BCUT2D eigenvalue weighted by molar-refractivity contribution is 6.30. The first kappa shape index (κ1) is 15.6. The van der Waals surface area contributed by atoms with E-state index in [-0.39, 0.29) is 10.9 Å². The van der Waals surface area contributed by atoms with Crippen molar-refractivity contribution < 1.29 is 9.13 Å². The fourth-order valence-electron chi connectivity index (χ4n) is 3.33. The summed E-state index contributed by atoms with van der Waals surface area (Å²) in [6.45, 7) is 0. The summed E-state index contributed by atoms with van der Waals surface area (Å²) in [4.78, 5) is 0. The van der Waals surface area contributed by atoms with Crippen LogP contribution in [0.25, 0.3) is 10.8 Å². The summed E-state index contributed by atoms with van der Waals surface area (Å²) in [7, 11) is 0. The summed E-state index contributed by atoms with van der Waals surface area (Å²) in [5.74, 6) is -1.30. The smallest absolute Gasteiger partial charge is 0.205 e. The Bertz CT molecular complexity index is 1060. The Morgan fingerprint density at radius 2 is 1.92 bits per heavy atom. The highest BCUT2D eigenvalue weighted by atomic mass is 35.5. The van der Waals surface area contributed by atoms with Crippen molar-refractivity contribution in [2.75, 3.05) is 0 Å². The Balaban J connectivity index is 1.99. The zero-order chi connectivity index (χ0) is 17.6. The molecule has 25 heavy (non-hydrogen) atoms. The van der Waals surface area contributed by atoms with Crippen LogP contribution in [0, 0.1) is 28.5 Å². The Labute approximate surface area is 148 Å². The van der Waals surface area contributed by atoms with Crippen LogP contribution in [-0.4, -0.2) is 5.90 Å². The number of hydrogen-bond acceptors (Lipinski definition) is 3. The highest BCUT2D eigenvalue weighted by Gasteiger charge is 2.37. The summed E-state index contributed by atoms with van der Waals surface area (Å²) >= 11 is 5.94. The van der Waals surface area contributed by atoms with Crippen LogP contribution in [0.3, 0.4) is 0 Å². The van der Waals surface area contributed by atoms with Crippen LogP contribution >= 0.6 is 11.6 Å². The van der Waals surface area contributed by atoms with Crippen LogP contribution in [0.2, 0.25) is 5.02 Å². The van der Waals surface area contributed by atoms with E-state index < -0.39 is 17.7 Å². The van der Waals surface area contributed by atoms with Gasteiger partial charge >= 0.3 is 0 Å². The molecule has 4 rings (SSSR count). The van der Waals surface area contributed by atoms with E-state index in [1.54, 1.807) is 6.07 Å². The van der Waals surface area contributed by atoms with Crippen LogP contribution in [-0.2, 0) is 0 Å². The monoisotopic (exact) mass is 350 g/mol. The number of ether oxygens (including phenoxy) is 1. The van der Waals surface area contributed by atoms with E-state index in [1.165, 1.54) is 12.1 Å². The molecule has 0 fully saturated rings. The summed E-state index contributed by atoms with van der Waals surface area (Å²) in [6.07, 6.45) is 0. The van der Waals surface area contributed by atoms with Gasteiger partial charge in [0.1, 0.15) is 17.5 Å². The van der Waals surface area contributed by atoms with Gasteiger partial charge in [-0.3, -0.25) is 5.41 Å². The molecule has 3 aromatic rings. The standard InChI is InChI=1S/C20H12ClFN2O/c21-16-9-12(6-8-17(16)22)18-14-7-5-11-3-1-2-4-13(11)19(14)25-20(24)15(18)10-23/h1-9,15,18,24H. The third-order valence-electron chi connectivity index (χ3n) is 4.51. The number of nitriles is 1. The lowest BCUT2D eigenvalue weighted by Crippen LogP contribution is -2.31. The van der Waals surface area contributed by atoms with Crippen molar-refractivity contribution in [3.8, 4) is 11.8 Å². The first-order chi connectivity index (χ1) is 12.1. The molecule has 0 saturated carbocycles. The Morgan fingerprint density at radius 3 is 2.68 bits per heavy atom. The van der Waals surface area contributed by atoms with Gasteiger partial charge in [0.2, 0.25) is 5.90 Å². The van der Waals surface area contributed by atoms with E-state index in [0.717, 1.165) is 16.3 Å². The predicted octanol–water partition coefficient (Wildman–Crippen LogP) is 5.27. The molecule has 1 heterocycles. The van der Waals surface area contributed by atoms with Gasteiger partial charge in [0.15, 0.2) is 0 Å². The van der Waals surface area contributed by atoms with Crippen LogP contribution in [0.1, 0.15) is 17.0 Å². The van der Waals surface area contributed by atoms with Crippen molar-refractivity contribution in [3.05, 3.63) is 76.6 Å². The third-order valence-corrected chi connectivity index (χ3v) is 4.80. The van der Waals surface area contributed by atoms with E-state index in [1.807, 2.05) is 36.4 Å². The first-order valence-electron chi connectivity index (χ1n) is 7.72. The largest absolute Gasteiger partial charge is 0.441 e. The molecule has 0 aromatic heterocycles. The molecule has 0 spiro atoms. The van der Waals surface area contributed by atoms with Crippen molar-refractivity contribution in [2.24, 2.45) is 5.92 Å². The average molecular weight is 351 g/mol. The van der Waals surface area contributed by atoms with Gasteiger partial charge in [0, 0.05) is 16.9 Å². The van der Waals surface area contributed by atoms with Crippen molar-refractivity contribution in [1.29, 1.82) is 10.7 Å². The number of halogens is 2. The Hall–Kier alpha value is -2.90. The van der Waals surface area contributed by atoms with Gasteiger partial charge in [-0.15, -0.1) is 0 Å². The SMILES string of the molecule is N#CC1C(=N)Oc2c(ccc3ccccc23)C1c1ccc(F)c(Cl)c1. The maximum atomic E-state index is 13.6. The van der Waals surface area contributed by atoms with Crippen molar-refractivity contribution in [1.82, 2.24) is 0 Å². The molecule has 5 heteroatoms. The van der Waals surface area contributed by atoms with E-state index in [2.05, 4.69) is 6.07 Å². The van der Waals surface area contributed by atoms with Gasteiger partial charge in [-0.1, -0.05) is 54.1 Å². The molecule has 1 aliphatic heterocycles. The molecule has 2 unspecified atom stereocenters. The first-order valence-corrected chi connectivity index (χ1v) is 8.10. The molecule has 0 radical (unpaired) electrons. The van der Waals surface area contributed by atoms with Crippen molar-refractivity contribution in [2.45, 2.75) is 5.92 Å². The molecule has 0 saturated heterocycles. The summed E-state index contributed by atoms with van der Waals surface area (Å²) in [5.41, 5.74) is 1.48. The molecule has 1 N–H and O–H groups in total. The predicted molar refractivity (Wildman–Crippen MR) is 94.7 cm³/mol. The van der Waals surface area contributed by atoms with Crippen molar-refractivity contribution >= 4 is 28.3 Å². The topological polar surface area (TPSA) is 56.9 Å². The van der Waals surface area contributed by atoms with Crippen LogP contribution in [0.15, 0.2) is 54.6 Å². The summed E-state index contributed by atoms with van der Waals surface area (Å²) < 4.78 is 19.3. The second-order valence-electron chi connectivity index (χ2n) is 5.93. The number of fused-ring (bicyclic) bond motifs is 3. The number of nitrogens with zero attached hydrogens (tertiary/aromatic N) is 1. The second kappa shape index (κ2) is 5.87. The van der Waals surface area contributed by atoms with Gasteiger partial charge in [-0.05, 0) is 23.1 Å². The van der Waals surface area contributed by atoms with E-state index in [9.17, 15) is 9.65 Å². The minimum absolute atomic E-state index is 0.00504. The molecular weight excluding hydrogens is 339 g/mol. The Morgan fingerprint density at radius 1 is 1.12 bits per heavy atom. The quantitative estimate of drug-likeness (QED) is 0.649. The fraction of sp³-hybridized carbons (Fsp3) is 0.100. The van der Waals surface area contributed by atoms with E-state index in [0.29, 0.717) is 11.3 Å². The van der Waals surface area contributed by atoms with Gasteiger partial charge in [0.05, 0.1) is 11.1 Å². The second-order valence-corrected chi connectivity index (χ2v) is 6.34. The molecule has 0 amide bonds.